The van der Waals surface area contributed by atoms with E-state index >= 15 is 0 Å². The molecule has 0 saturated heterocycles. The second-order valence-electron chi connectivity index (χ2n) is 11.4. The fourth-order valence-corrected chi connectivity index (χ4v) is 5.54. The van der Waals surface area contributed by atoms with Crippen LogP contribution in [0.4, 0.5) is 22.7 Å². The predicted molar refractivity (Wildman–Crippen MR) is 251 cm³/mol. The third kappa shape index (κ3) is 16.5. The Kier molecular flexibility index (Phi) is 35.3. The van der Waals surface area contributed by atoms with Crippen molar-refractivity contribution in [3.63, 3.8) is 0 Å². The molecule has 2 aliphatic carbocycles. The van der Waals surface area contributed by atoms with Crippen molar-refractivity contribution in [2.75, 3.05) is 22.9 Å². The van der Waals surface area contributed by atoms with Crippen LogP contribution in [0.3, 0.4) is 0 Å². The normalized spacial score (nSPS) is 12.9. The number of hydrogen-bond donors (Lipinski definition) is 4. The maximum absolute atomic E-state index is 5.99. The van der Waals surface area contributed by atoms with Crippen LogP contribution in [0.15, 0.2) is 122 Å². The molecule has 8 nitrogen and oxygen atoms in total. The summed E-state index contributed by atoms with van der Waals surface area (Å²) >= 11 is 0. The van der Waals surface area contributed by atoms with Crippen LogP contribution >= 0.6 is 0 Å². The molecule has 316 valence electrons. The van der Waals surface area contributed by atoms with Gasteiger partial charge in [-0.1, -0.05) is 70.9 Å². The van der Waals surface area contributed by atoms with Crippen LogP contribution in [-0.2, 0) is 39.6 Å². The number of aromatic nitrogens is 4. The quantitative estimate of drug-likeness (QED) is 0.0293. The second kappa shape index (κ2) is 32.6. The minimum atomic E-state index is 0. The SMILES string of the molecule is C.C.C.C1=CCC/C=C\CC1.C1=CCC/C=C\CC1.Nc1c(N)c2cccnc2c2ncccc12.Nc1c(N)c2cccnc2c2ncccc12.[CH3-].[CH3-].[CH3-].[CH3-].[Ir].[Rh+2]. The van der Waals surface area contributed by atoms with Crippen molar-refractivity contribution in [2.24, 2.45) is 0 Å². The molecule has 0 amide bonds. The van der Waals surface area contributed by atoms with Crippen LogP contribution in [0, 0.1) is 29.7 Å². The molecular weight excluding hydrogens is 972 g/mol. The van der Waals surface area contributed by atoms with Crippen molar-refractivity contribution in [3.05, 3.63) is 152 Å². The number of hydrogen-bond acceptors (Lipinski definition) is 8. The fourth-order valence-electron chi connectivity index (χ4n) is 5.54. The number of pyridine rings is 4. The molecule has 0 unspecified atom stereocenters. The van der Waals surface area contributed by atoms with E-state index in [1.165, 1.54) is 51.4 Å². The molecule has 2 aliphatic rings. The van der Waals surface area contributed by atoms with Crippen LogP contribution in [0.25, 0.3) is 43.6 Å². The fraction of sp³-hybridized carbons (Fsp3) is 0.234. The summed E-state index contributed by atoms with van der Waals surface area (Å²) < 4.78 is 0. The summed E-state index contributed by atoms with van der Waals surface area (Å²) in [5, 5.41) is 3.41. The molecule has 8 N–H and O–H groups in total. The third-order valence-electron chi connectivity index (χ3n) is 8.09. The summed E-state index contributed by atoms with van der Waals surface area (Å²) in [6, 6.07) is 15.0. The van der Waals surface area contributed by atoms with Gasteiger partial charge in [-0.15, -0.1) is 0 Å². The van der Waals surface area contributed by atoms with Crippen molar-refractivity contribution in [2.45, 2.75) is 73.6 Å². The number of nitrogen functional groups attached to an aromatic ring is 4. The Morgan fingerprint density at radius 3 is 0.649 bits per heavy atom. The number of fused-ring (bicyclic) bond motifs is 6. The van der Waals surface area contributed by atoms with E-state index in [2.05, 4.69) is 68.5 Å². The molecule has 4 aromatic heterocycles. The van der Waals surface area contributed by atoms with Crippen LogP contribution in [-0.4, -0.2) is 19.9 Å². The van der Waals surface area contributed by atoms with Gasteiger partial charge in [-0.25, -0.2) is 0 Å². The molecule has 57 heavy (non-hydrogen) atoms. The van der Waals surface area contributed by atoms with Gasteiger partial charge in [0.2, 0.25) is 0 Å². The molecular formula is C47H68IrN8Rh-2. The van der Waals surface area contributed by atoms with E-state index in [1.54, 1.807) is 24.8 Å². The van der Waals surface area contributed by atoms with Gasteiger partial charge in [-0.2, -0.15) is 0 Å². The Balaban J connectivity index is -0.000000209. The minimum absolute atomic E-state index is 0. The third-order valence-corrected chi connectivity index (χ3v) is 8.09. The number of rotatable bonds is 0. The monoisotopic (exact) mass is 1040 g/mol. The van der Waals surface area contributed by atoms with Crippen molar-refractivity contribution in [3.8, 4) is 0 Å². The van der Waals surface area contributed by atoms with Gasteiger partial charge in [0.05, 0.1) is 44.8 Å². The Morgan fingerprint density at radius 1 is 0.333 bits per heavy atom. The van der Waals surface area contributed by atoms with Gasteiger partial charge in [-0.05, 0) is 99.9 Å². The molecule has 2 radical (unpaired) electrons. The molecule has 0 fully saturated rings. The van der Waals surface area contributed by atoms with E-state index in [4.69, 9.17) is 22.9 Å². The summed E-state index contributed by atoms with van der Waals surface area (Å²) in [5.41, 5.74) is 29.4. The minimum Gasteiger partial charge on any atom is -0.396 e. The summed E-state index contributed by atoms with van der Waals surface area (Å²) in [5.74, 6) is 0. The Morgan fingerprint density at radius 2 is 0.491 bits per heavy atom. The summed E-state index contributed by atoms with van der Waals surface area (Å²) in [6.07, 6.45) is 34.9. The summed E-state index contributed by atoms with van der Waals surface area (Å²) in [7, 11) is 0. The largest absolute Gasteiger partial charge is 2.00 e. The van der Waals surface area contributed by atoms with Gasteiger partial charge in [0.1, 0.15) is 0 Å². The molecule has 0 bridgehead atoms. The van der Waals surface area contributed by atoms with E-state index < -0.39 is 0 Å². The van der Waals surface area contributed by atoms with Crippen molar-refractivity contribution < 1.29 is 39.6 Å². The Labute approximate surface area is 371 Å². The maximum Gasteiger partial charge on any atom is 2.00 e. The molecule has 6 aromatic rings. The Bertz CT molecular complexity index is 1790. The van der Waals surface area contributed by atoms with Crippen LogP contribution in [0.1, 0.15) is 73.6 Å². The van der Waals surface area contributed by atoms with Crippen LogP contribution in [0.2, 0.25) is 0 Å². The Hall–Kier alpha value is -4.49. The van der Waals surface area contributed by atoms with E-state index in [0.29, 0.717) is 22.7 Å². The first-order chi connectivity index (χ1) is 23.6. The van der Waals surface area contributed by atoms with E-state index in [1.807, 2.05) is 48.5 Å². The number of allylic oxidation sites excluding steroid dienone is 8. The smallest absolute Gasteiger partial charge is 0.396 e. The zero-order valence-corrected chi connectivity index (χ0v) is 36.0. The average molecular weight is 1040 g/mol. The predicted octanol–water partition coefficient (Wildman–Crippen LogP) is 12.9. The molecule has 8 rings (SSSR count). The van der Waals surface area contributed by atoms with Gasteiger partial charge in [-0.3, -0.25) is 19.9 Å². The summed E-state index contributed by atoms with van der Waals surface area (Å²) in [6.45, 7) is 0. The number of benzene rings is 2. The molecule has 10 heteroatoms. The van der Waals surface area contributed by atoms with Gasteiger partial charge < -0.3 is 52.6 Å². The van der Waals surface area contributed by atoms with Crippen molar-refractivity contribution >= 4 is 66.4 Å². The van der Waals surface area contributed by atoms with Gasteiger partial charge >= 0.3 is 19.5 Å². The zero-order valence-electron chi connectivity index (χ0n) is 32.0. The maximum atomic E-state index is 5.99. The van der Waals surface area contributed by atoms with Crippen molar-refractivity contribution in [1.29, 1.82) is 0 Å². The topological polar surface area (TPSA) is 156 Å². The first kappa shape index (κ1) is 61.7. The first-order valence-electron chi connectivity index (χ1n) is 16.5. The number of nitrogens with two attached hydrogens (primary N) is 4. The number of nitrogens with zero attached hydrogens (tertiary/aromatic N) is 4. The molecule has 4 heterocycles. The molecule has 0 aliphatic heterocycles. The number of anilines is 4. The van der Waals surface area contributed by atoms with Crippen LogP contribution in [0.5, 0.6) is 0 Å². The van der Waals surface area contributed by atoms with Gasteiger partial charge in [0.15, 0.2) is 0 Å². The first-order valence-corrected chi connectivity index (χ1v) is 16.5. The van der Waals surface area contributed by atoms with E-state index in [0.717, 1.165) is 43.6 Å². The summed E-state index contributed by atoms with van der Waals surface area (Å²) in [4.78, 5) is 17.3. The second-order valence-corrected chi connectivity index (χ2v) is 11.4. The molecule has 0 atom stereocenters. The van der Waals surface area contributed by atoms with Crippen LogP contribution < -0.4 is 22.9 Å². The molecule has 0 saturated carbocycles. The van der Waals surface area contributed by atoms with E-state index in [9.17, 15) is 0 Å². The zero-order chi connectivity index (χ0) is 33.6. The molecule has 0 spiro atoms. The van der Waals surface area contributed by atoms with Crippen molar-refractivity contribution in [1.82, 2.24) is 19.9 Å². The molecule has 2 aromatic carbocycles. The van der Waals surface area contributed by atoms with Gasteiger partial charge in [0.25, 0.3) is 0 Å². The van der Waals surface area contributed by atoms with Gasteiger partial charge in [0, 0.05) is 66.4 Å². The van der Waals surface area contributed by atoms with E-state index in [-0.39, 0.29) is 91.6 Å². The average Bonchev–Trinajstić information content (AvgIpc) is 3.10. The standard InChI is InChI=1S/2C12H10N4.2C8H12.3CH4.4CH3.Ir.Rh/c2*13-9-7-3-1-5-15-11(7)12-8(10(9)14)4-2-6-16-12;2*1-2-4-6-8-7-5-3-1;;;;;;;;;/h2*1-6H,13-14H2;2*1-2,7-8H,3-6H2;3*1H4;4*1H3;;/q;;;;;;;4*-1;;+2/b;;2*2-1-,8-7?;;;;;;;;;.